The lowest BCUT2D eigenvalue weighted by atomic mass is 10.2. The van der Waals surface area contributed by atoms with Crippen molar-refractivity contribution in [3.63, 3.8) is 0 Å². The zero-order valence-corrected chi connectivity index (χ0v) is 16.3. The normalized spacial score (nSPS) is 10.3. The van der Waals surface area contributed by atoms with Crippen LogP contribution in [0.1, 0.15) is 6.92 Å². The van der Waals surface area contributed by atoms with E-state index < -0.39 is 0 Å². The zero-order valence-electron chi connectivity index (χ0n) is 16.3. The van der Waals surface area contributed by atoms with Gasteiger partial charge in [-0.05, 0) is 19.1 Å². The van der Waals surface area contributed by atoms with E-state index in [4.69, 9.17) is 14.2 Å². The van der Waals surface area contributed by atoms with Crippen molar-refractivity contribution in [1.82, 2.24) is 15.2 Å². The summed E-state index contributed by atoms with van der Waals surface area (Å²) in [4.78, 5) is 6.65. The number of hydrogen-bond donors (Lipinski definition) is 1. The van der Waals surface area contributed by atoms with Crippen molar-refractivity contribution in [2.45, 2.75) is 6.92 Å². The Kier molecular flexibility index (Phi) is 6.11. The van der Waals surface area contributed by atoms with Crippen LogP contribution in [0, 0.1) is 0 Å². The lowest BCUT2D eigenvalue weighted by Gasteiger charge is -2.21. The number of benzene rings is 2. The van der Waals surface area contributed by atoms with Crippen molar-refractivity contribution >= 4 is 23.1 Å². The van der Waals surface area contributed by atoms with E-state index in [0.29, 0.717) is 34.7 Å². The monoisotopic (exact) mass is 381 g/mol. The van der Waals surface area contributed by atoms with Crippen LogP contribution in [-0.4, -0.2) is 43.1 Å². The number of ether oxygens (including phenoxy) is 3. The van der Waals surface area contributed by atoms with Gasteiger partial charge >= 0.3 is 0 Å². The van der Waals surface area contributed by atoms with E-state index in [1.54, 1.807) is 39.7 Å². The molecule has 0 aliphatic carbocycles. The first-order chi connectivity index (χ1) is 13.7. The largest absolute Gasteiger partial charge is 0.493 e. The second-order valence-electron chi connectivity index (χ2n) is 5.76. The summed E-state index contributed by atoms with van der Waals surface area (Å²) in [6, 6.07) is 13.6. The highest BCUT2D eigenvalue weighted by atomic mass is 16.5. The highest BCUT2D eigenvalue weighted by Crippen LogP contribution is 2.40. The maximum Gasteiger partial charge on any atom is 0.249 e. The highest BCUT2D eigenvalue weighted by molar-refractivity contribution is 5.66. The summed E-state index contributed by atoms with van der Waals surface area (Å²) in [5.41, 5.74) is 1.72. The number of anilines is 4. The third-order valence-corrected chi connectivity index (χ3v) is 4.13. The zero-order chi connectivity index (χ0) is 19.9. The molecule has 1 N–H and O–H groups in total. The molecule has 0 spiro atoms. The second-order valence-corrected chi connectivity index (χ2v) is 5.76. The average Bonchev–Trinajstić information content (AvgIpc) is 2.74. The molecule has 8 nitrogen and oxygen atoms in total. The van der Waals surface area contributed by atoms with Crippen LogP contribution in [0.5, 0.6) is 17.2 Å². The Bertz CT molecular complexity index is 896. The van der Waals surface area contributed by atoms with Crippen LogP contribution in [0.15, 0.2) is 48.7 Å². The molecule has 3 aromatic rings. The van der Waals surface area contributed by atoms with Crippen LogP contribution in [0.2, 0.25) is 0 Å². The molecule has 0 atom stereocenters. The van der Waals surface area contributed by atoms with Gasteiger partial charge in [0.1, 0.15) is 0 Å². The summed E-state index contributed by atoms with van der Waals surface area (Å²) >= 11 is 0. The standard InChI is InChI=1S/C20H23N5O3/c1-5-25(15-9-7-6-8-10-15)18-13-21-24-20(23-18)22-14-11-16(26-2)19(28-4)17(12-14)27-3/h6-13H,5H2,1-4H3,(H,22,23,24). The molecule has 1 aromatic heterocycles. The minimum atomic E-state index is 0.362. The van der Waals surface area contributed by atoms with E-state index in [-0.39, 0.29) is 0 Å². The van der Waals surface area contributed by atoms with Gasteiger partial charge < -0.3 is 24.4 Å². The van der Waals surface area contributed by atoms with E-state index in [1.807, 2.05) is 30.3 Å². The molecular weight excluding hydrogens is 358 g/mol. The van der Waals surface area contributed by atoms with Crippen LogP contribution < -0.4 is 24.4 Å². The maximum absolute atomic E-state index is 5.38. The SMILES string of the molecule is CCN(c1ccccc1)c1cnnc(Nc2cc(OC)c(OC)c(OC)c2)n1. The Balaban J connectivity index is 1.91. The van der Waals surface area contributed by atoms with Crippen LogP contribution in [-0.2, 0) is 0 Å². The summed E-state index contributed by atoms with van der Waals surface area (Å²) in [6.45, 7) is 2.80. The fourth-order valence-electron chi connectivity index (χ4n) is 2.85. The van der Waals surface area contributed by atoms with Crippen molar-refractivity contribution in [3.8, 4) is 17.2 Å². The third kappa shape index (κ3) is 4.06. The van der Waals surface area contributed by atoms with Gasteiger partial charge in [-0.15, -0.1) is 5.10 Å². The number of rotatable bonds is 8. The van der Waals surface area contributed by atoms with Crippen LogP contribution >= 0.6 is 0 Å². The van der Waals surface area contributed by atoms with Gasteiger partial charge in [-0.3, -0.25) is 0 Å². The molecule has 28 heavy (non-hydrogen) atoms. The molecule has 146 valence electrons. The molecule has 0 amide bonds. The predicted molar refractivity (Wildman–Crippen MR) is 108 cm³/mol. The van der Waals surface area contributed by atoms with Gasteiger partial charge in [0.25, 0.3) is 0 Å². The van der Waals surface area contributed by atoms with Crippen molar-refractivity contribution in [3.05, 3.63) is 48.7 Å². The van der Waals surface area contributed by atoms with E-state index >= 15 is 0 Å². The van der Waals surface area contributed by atoms with E-state index in [0.717, 1.165) is 12.2 Å². The minimum absolute atomic E-state index is 0.362. The number of nitrogens with zero attached hydrogens (tertiary/aromatic N) is 4. The van der Waals surface area contributed by atoms with Crippen LogP contribution in [0.25, 0.3) is 0 Å². The first kappa shape index (κ1) is 19.2. The topological polar surface area (TPSA) is 81.6 Å². The predicted octanol–water partition coefficient (Wildman–Crippen LogP) is 3.80. The molecule has 0 aliphatic rings. The molecule has 0 aliphatic heterocycles. The molecule has 0 radical (unpaired) electrons. The van der Waals surface area contributed by atoms with E-state index in [1.165, 1.54) is 0 Å². The molecule has 0 unspecified atom stereocenters. The molecular formula is C20H23N5O3. The van der Waals surface area contributed by atoms with Gasteiger partial charge in [-0.25, -0.2) is 0 Å². The van der Waals surface area contributed by atoms with Crippen LogP contribution in [0.4, 0.5) is 23.1 Å². The number of aromatic nitrogens is 3. The van der Waals surface area contributed by atoms with Crippen molar-refractivity contribution < 1.29 is 14.2 Å². The van der Waals surface area contributed by atoms with Gasteiger partial charge in [0.15, 0.2) is 17.3 Å². The fourth-order valence-corrected chi connectivity index (χ4v) is 2.85. The third-order valence-electron chi connectivity index (χ3n) is 4.13. The average molecular weight is 381 g/mol. The van der Waals surface area contributed by atoms with Crippen LogP contribution in [0.3, 0.4) is 0 Å². The lowest BCUT2D eigenvalue weighted by Crippen LogP contribution is -2.18. The first-order valence-electron chi connectivity index (χ1n) is 8.79. The Morgan fingerprint density at radius 3 is 2.21 bits per heavy atom. The van der Waals surface area contributed by atoms with Gasteiger partial charge in [0.2, 0.25) is 11.7 Å². The lowest BCUT2D eigenvalue weighted by molar-refractivity contribution is 0.324. The Labute approximate surface area is 164 Å². The first-order valence-corrected chi connectivity index (χ1v) is 8.79. The summed E-state index contributed by atoms with van der Waals surface area (Å²) in [6.07, 6.45) is 1.64. The fraction of sp³-hybridized carbons (Fsp3) is 0.250. The van der Waals surface area contributed by atoms with Crippen molar-refractivity contribution in [2.75, 3.05) is 38.1 Å². The Hall–Kier alpha value is -3.55. The van der Waals surface area contributed by atoms with Gasteiger partial charge in [-0.2, -0.15) is 10.1 Å². The van der Waals surface area contributed by atoms with Gasteiger partial charge in [0.05, 0.1) is 27.5 Å². The van der Waals surface area contributed by atoms with Gasteiger partial charge in [-0.1, -0.05) is 18.2 Å². The summed E-state index contributed by atoms with van der Waals surface area (Å²) in [5.74, 6) is 2.64. The molecule has 2 aromatic carbocycles. The van der Waals surface area contributed by atoms with Crippen molar-refractivity contribution in [2.24, 2.45) is 0 Å². The Morgan fingerprint density at radius 1 is 0.964 bits per heavy atom. The molecule has 8 heteroatoms. The minimum Gasteiger partial charge on any atom is -0.493 e. The maximum atomic E-state index is 5.38. The summed E-state index contributed by atoms with van der Waals surface area (Å²) < 4.78 is 16.1. The quantitative estimate of drug-likeness (QED) is 0.631. The molecule has 0 fully saturated rings. The van der Waals surface area contributed by atoms with E-state index in [2.05, 4.69) is 32.3 Å². The molecule has 3 rings (SSSR count). The van der Waals surface area contributed by atoms with Gasteiger partial charge in [0, 0.05) is 30.1 Å². The summed E-state index contributed by atoms with van der Waals surface area (Å²) in [5, 5.41) is 11.3. The van der Waals surface area contributed by atoms with Crippen molar-refractivity contribution in [1.29, 1.82) is 0 Å². The molecule has 0 saturated heterocycles. The molecule has 1 heterocycles. The number of hydrogen-bond acceptors (Lipinski definition) is 8. The number of nitrogens with one attached hydrogen (secondary N) is 1. The number of methoxy groups -OCH3 is 3. The summed E-state index contributed by atoms with van der Waals surface area (Å²) in [7, 11) is 4.70. The smallest absolute Gasteiger partial charge is 0.249 e. The Morgan fingerprint density at radius 2 is 1.64 bits per heavy atom. The second kappa shape index (κ2) is 8.90. The molecule has 0 bridgehead atoms. The van der Waals surface area contributed by atoms with E-state index in [9.17, 15) is 0 Å². The number of para-hydroxylation sites is 1. The highest BCUT2D eigenvalue weighted by Gasteiger charge is 2.15. The molecule has 0 saturated carbocycles.